The van der Waals surface area contributed by atoms with E-state index in [0.717, 1.165) is 9.75 Å². The second-order valence-electron chi connectivity index (χ2n) is 4.95. The molecule has 2 aromatic rings. The molecular weight excluding hydrogens is 294 g/mol. The third kappa shape index (κ3) is 3.11. The molecule has 0 aliphatic heterocycles. The highest BCUT2D eigenvalue weighted by Gasteiger charge is 2.19. The molecule has 2 heterocycles. The predicted octanol–water partition coefficient (Wildman–Crippen LogP) is 2.62. The maximum absolute atomic E-state index is 12.3. The van der Waals surface area contributed by atoms with Crippen LogP contribution in [-0.2, 0) is 16.6 Å². The Balaban J connectivity index is 2.18. The van der Waals surface area contributed by atoms with Crippen molar-refractivity contribution >= 4 is 21.4 Å². The van der Waals surface area contributed by atoms with E-state index in [2.05, 4.69) is 9.71 Å². The fourth-order valence-electron chi connectivity index (χ4n) is 2.06. The minimum Gasteiger partial charge on any atom is -0.331 e. The van der Waals surface area contributed by atoms with Crippen LogP contribution in [0.5, 0.6) is 0 Å². The summed E-state index contributed by atoms with van der Waals surface area (Å²) in [4.78, 5) is 6.36. The van der Waals surface area contributed by atoms with Crippen molar-refractivity contribution in [3.05, 3.63) is 34.0 Å². The molecule has 2 rings (SSSR count). The van der Waals surface area contributed by atoms with E-state index in [4.69, 9.17) is 0 Å². The standard InChI is InChI=1S/C13H19N3O2S2/c1-9(2)16-6-5-14-13(16)8-15-20(17,18)12-7-10(3)19-11(12)4/h5-7,9,15H,8H2,1-4H3. The highest BCUT2D eigenvalue weighted by atomic mass is 32.2. The van der Waals surface area contributed by atoms with Gasteiger partial charge in [-0.25, -0.2) is 18.1 Å². The van der Waals surface area contributed by atoms with Crippen molar-refractivity contribution in [1.29, 1.82) is 0 Å². The minimum absolute atomic E-state index is 0.196. The Morgan fingerprint density at radius 3 is 2.65 bits per heavy atom. The van der Waals surface area contributed by atoms with Crippen LogP contribution in [0.1, 0.15) is 35.5 Å². The van der Waals surface area contributed by atoms with Crippen molar-refractivity contribution in [3.63, 3.8) is 0 Å². The number of aromatic nitrogens is 2. The summed E-state index contributed by atoms with van der Waals surface area (Å²) in [6, 6.07) is 1.96. The van der Waals surface area contributed by atoms with E-state index in [1.165, 1.54) is 11.3 Å². The highest BCUT2D eigenvalue weighted by molar-refractivity contribution is 7.89. The third-order valence-corrected chi connectivity index (χ3v) is 5.63. The minimum atomic E-state index is -3.48. The van der Waals surface area contributed by atoms with Gasteiger partial charge in [0.15, 0.2) is 0 Å². The van der Waals surface area contributed by atoms with Gasteiger partial charge in [0.2, 0.25) is 10.0 Å². The van der Waals surface area contributed by atoms with Gasteiger partial charge in [0.25, 0.3) is 0 Å². The molecule has 20 heavy (non-hydrogen) atoms. The van der Waals surface area contributed by atoms with E-state index in [9.17, 15) is 8.42 Å². The molecule has 0 saturated heterocycles. The quantitative estimate of drug-likeness (QED) is 0.923. The van der Waals surface area contributed by atoms with Crippen LogP contribution in [0.3, 0.4) is 0 Å². The summed E-state index contributed by atoms with van der Waals surface area (Å²) in [6.07, 6.45) is 3.54. The first-order chi connectivity index (χ1) is 9.31. The lowest BCUT2D eigenvalue weighted by atomic mass is 10.4. The number of rotatable bonds is 5. The molecule has 0 aromatic carbocycles. The zero-order valence-corrected chi connectivity index (χ0v) is 13.7. The number of thiophene rings is 1. The van der Waals surface area contributed by atoms with Crippen molar-refractivity contribution in [1.82, 2.24) is 14.3 Å². The summed E-state index contributed by atoms with van der Waals surface area (Å²) in [7, 11) is -3.48. The van der Waals surface area contributed by atoms with Gasteiger partial charge in [0.05, 0.1) is 11.4 Å². The number of aryl methyl sites for hydroxylation is 2. The van der Waals surface area contributed by atoms with Gasteiger partial charge >= 0.3 is 0 Å². The van der Waals surface area contributed by atoms with Crippen LogP contribution in [0.4, 0.5) is 0 Å². The molecular formula is C13H19N3O2S2. The molecule has 5 nitrogen and oxygen atoms in total. The summed E-state index contributed by atoms with van der Waals surface area (Å²) >= 11 is 1.49. The zero-order valence-electron chi connectivity index (χ0n) is 12.0. The lowest BCUT2D eigenvalue weighted by Gasteiger charge is -2.12. The number of nitrogens with zero attached hydrogens (tertiary/aromatic N) is 2. The highest BCUT2D eigenvalue weighted by Crippen LogP contribution is 2.24. The first kappa shape index (κ1) is 15.2. The van der Waals surface area contributed by atoms with Crippen LogP contribution in [0.2, 0.25) is 0 Å². The van der Waals surface area contributed by atoms with Crippen LogP contribution < -0.4 is 4.72 Å². The van der Waals surface area contributed by atoms with E-state index >= 15 is 0 Å². The fraction of sp³-hybridized carbons (Fsp3) is 0.462. The van der Waals surface area contributed by atoms with Crippen LogP contribution in [0, 0.1) is 13.8 Å². The van der Waals surface area contributed by atoms with Crippen molar-refractivity contribution in [2.75, 3.05) is 0 Å². The SMILES string of the molecule is Cc1cc(S(=O)(=O)NCc2nccn2C(C)C)c(C)s1. The molecule has 0 fully saturated rings. The van der Waals surface area contributed by atoms with Gasteiger partial charge in [-0.1, -0.05) is 0 Å². The Hall–Kier alpha value is -1.18. The fourth-order valence-corrected chi connectivity index (χ4v) is 4.60. The Labute approximate surface area is 123 Å². The van der Waals surface area contributed by atoms with E-state index in [1.54, 1.807) is 12.3 Å². The van der Waals surface area contributed by atoms with Crippen LogP contribution in [0.15, 0.2) is 23.4 Å². The van der Waals surface area contributed by atoms with Crippen LogP contribution >= 0.6 is 11.3 Å². The second-order valence-corrected chi connectivity index (χ2v) is 8.14. The number of sulfonamides is 1. The summed E-state index contributed by atoms with van der Waals surface area (Å²) in [5.74, 6) is 0.716. The third-order valence-electron chi connectivity index (χ3n) is 3.01. The Bertz CT molecular complexity index is 699. The number of nitrogens with one attached hydrogen (secondary N) is 1. The van der Waals surface area contributed by atoms with Gasteiger partial charge in [0, 0.05) is 28.2 Å². The topological polar surface area (TPSA) is 64.0 Å². The lowest BCUT2D eigenvalue weighted by molar-refractivity contribution is 0.549. The number of hydrogen-bond donors (Lipinski definition) is 1. The normalized spacial score (nSPS) is 12.2. The van der Waals surface area contributed by atoms with Crippen molar-refractivity contribution in [3.8, 4) is 0 Å². The zero-order chi connectivity index (χ0) is 14.9. The van der Waals surface area contributed by atoms with Gasteiger partial charge < -0.3 is 4.57 Å². The monoisotopic (exact) mass is 313 g/mol. The van der Waals surface area contributed by atoms with Gasteiger partial charge in [-0.3, -0.25) is 0 Å². The van der Waals surface area contributed by atoms with Gasteiger partial charge in [-0.05, 0) is 33.8 Å². The van der Waals surface area contributed by atoms with E-state index < -0.39 is 10.0 Å². The molecule has 7 heteroatoms. The van der Waals surface area contributed by atoms with Crippen molar-refractivity contribution in [2.24, 2.45) is 0 Å². The lowest BCUT2D eigenvalue weighted by Crippen LogP contribution is -2.25. The molecule has 0 aliphatic rings. The predicted molar refractivity (Wildman–Crippen MR) is 80.4 cm³/mol. The summed E-state index contributed by atoms with van der Waals surface area (Å²) in [5, 5.41) is 0. The van der Waals surface area contributed by atoms with Crippen molar-refractivity contribution < 1.29 is 8.42 Å². The van der Waals surface area contributed by atoms with E-state index in [0.29, 0.717) is 10.7 Å². The molecule has 0 aliphatic carbocycles. The molecule has 0 saturated carbocycles. The Morgan fingerprint density at radius 1 is 1.40 bits per heavy atom. The van der Waals surface area contributed by atoms with Gasteiger partial charge in [-0.15, -0.1) is 11.3 Å². The average Bonchev–Trinajstić information content (AvgIpc) is 2.93. The summed E-state index contributed by atoms with van der Waals surface area (Å²) in [5.41, 5.74) is 0. The smallest absolute Gasteiger partial charge is 0.242 e. The van der Waals surface area contributed by atoms with Gasteiger partial charge in [0.1, 0.15) is 5.82 Å². The molecule has 0 unspecified atom stereocenters. The molecule has 0 bridgehead atoms. The molecule has 0 radical (unpaired) electrons. The number of hydrogen-bond acceptors (Lipinski definition) is 4. The van der Waals surface area contributed by atoms with Gasteiger partial charge in [-0.2, -0.15) is 0 Å². The first-order valence-corrected chi connectivity index (χ1v) is 8.69. The molecule has 0 amide bonds. The van der Waals surface area contributed by atoms with Crippen molar-refractivity contribution in [2.45, 2.75) is 45.2 Å². The maximum Gasteiger partial charge on any atom is 0.242 e. The van der Waals surface area contributed by atoms with Crippen LogP contribution in [0.25, 0.3) is 0 Å². The molecule has 0 spiro atoms. The largest absolute Gasteiger partial charge is 0.331 e. The Kier molecular flexibility index (Phi) is 4.31. The molecule has 1 N–H and O–H groups in total. The second kappa shape index (κ2) is 5.67. The summed E-state index contributed by atoms with van der Waals surface area (Å²) in [6.45, 7) is 7.99. The number of imidazole rings is 1. The van der Waals surface area contributed by atoms with Crippen LogP contribution in [-0.4, -0.2) is 18.0 Å². The van der Waals surface area contributed by atoms with E-state index in [-0.39, 0.29) is 12.6 Å². The summed E-state index contributed by atoms with van der Waals surface area (Å²) < 4.78 is 29.2. The maximum atomic E-state index is 12.3. The molecule has 0 atom stereocenters. The molecule has 110 valence electrons. The Morgan fingerprint density at radius 2 is 2.10 bits per heavy atom. The first-order valence-electron chi connectivity index (χ1n) is 6.39. The molecule has 2 aromatic heterocycles. The van der Waals surface area contributed by atoms with E-state index in [1.807, 2.05) is 38.5 Å². The average molecular weight is 313 g/mol.